The lowest BCUT2D eigenvalue weighted by molar-refractivity contribution is -0.235. The lowest BCUT2D eigenvalue weighted by Crippen LogP contribution is -2.37. The summed E-state index contributed by atoms with van der Waals surface area (Å²) in [5, 5.41) is 15.6. The number of ether oxygens (including phenoxy) is 5. The first-order valence-corrected chi connectivity index (χ1v) is 18.3. The Bertz CT molecular complexity index is 1860. The van der Waals surface area contributed by atoms with Crippen molar-refractivity contribution in [1.82, 2.24) is 25.6 Å². The van der Waals surface area contributed by atoms with Crippen LogP contribution in [0.25, 0.3) is 33.6 Å². The number of carbonyl (C=O) groups excluding carboxylic acids is 3. The maximum atomic E-state index is 12.6. The van der Waals surface area contributed by atoms with Gasteiger partial charge in [-0.15, -0.1) is 0 Å². The molecule has 1 aliphatic rings. The molecule has 0 saturated carbocycles. The van der Waals surface area contributed by atoms with E-state index in [9.17, 15) is 19.5 Å². The number of aliphatic hydroxyl groups excluding tert-OH is 1. The molecular formula is C38H50N6O10. The van der Waals surface area contributed by atoms with E-state index in [-0.39, 0.29) is 32.0 Å². The number of hydrogen-bond donors (Lipinski definition) is 3. The highest BCUT2D eigenvalue weighted by atomic mass is 16.7. The summed E-state index contributed by atoms with van der Waals surface area (Å²) in [5.41, 5.74) is 1.83. The number of amides is 2. The zero-order chi connectivity index (χ0) is 38.5. The standard InChI is InChI=1S/C38H50N6O10/c1-25(23-45)51-31(54-38(2,3)4)24-50-30(47)14-8-13-29(46)39-15-5-6-16-41-37(48)52-27-11-7-10-26(22-27)34-42-32-28-12-9-17-40-36(28)53-33(32)35(43-34)44-18-20-49-21-19-44/h7,9-12,17,22,25,31,45H,5-6,8,13-16,18-21,23-24H2,1-4H3,(H,39,46)(H,41,48). The Kier molecular flexibility index (Phi) is 14.5. The third-order valence-electron chi connectivity index (χ3n) is 8.17. The number of nitrogens with zero attached hydrogens (tertiary/aromatic N) is 4. The normalized spacial score (nSPS) is 14.5. The molecule has 0 aliphatic carbocycles. The smallest absolute Gasteiger partial charge is 0.412 e. The van der Waals surface area contributed by atoms with Gasteiger partial charge >= 0.3 is 12.1 Å². The molecule has 1 saturated heterocycles. The lowest BCUT2D eigenvalue weighted by atomic mass is 10.2. The number of aliphatic hydroxyl groups is 1. The summed E-state index contributed by atoms with van der Waals surface area (Å²) in [5.74, 6) is 0.799. The van der Waals surface area contributed by atoms with Gasteiger partial charge in [0.25, 0.3) is 0 Å². The average Bonchev–Trinajstić information content (AvgIpc) is 3.53. The highest BCUT2D eigenvalue weighted by Gasteiger charge is 2.24. The zero-order valence-corrected chi connectivity index (χ0v) is 31.3. The largest absolute Gasteiger partial charge is 0.460 e. The van der Waals surface area contributed by atoms with E-state index in [2.05, 4.69) is 20.5 Å². The summed E-state index contributed by atoms with van der Waals surface area (Å²) in [6, 6.07) is 10.8. The average molecular weight is 751 g/mol. The molecule has 0 spiro atoms. The van der Waals surface area contributed by atoms with Crippen LogP contribution in [0, 0.1) is 0 Å². The van der Waals surface area contributed by atoms with E-state index >= 15 is 0 Å². The van der Waals surface area contributed by atoms with E-state index in [0.29, 0.717) is 98.4 Å². The second kappa shape index (κ2) is 19.4. The van der Waals surface area contributed by atoms with Crippen LogP contribution in [0.4, 0.5) is 10.6 Å². The highest BCUT2D eigenvalue weighted by Crippen LogP contribution is 2.35. The predicted molar refractivity (Wildman–Crippen MR) is 199 cm³/mol. The Morgan fingerprint density at radius 2 is 1.78 bits per heavy atom. The summed E-state index contributed by atoms with van der Waals surface area (Å²) in [6.45, 7) is 10.2. The zero-order valence-electron chi connectivity index (χ0n) is 31.3. The number of esters is 1. The Labute approximate surface area is 313 Å². The van der Waals surface area contributed by atoms with Crippen LogP contribution >= 0.6 is 0 Å². The van der Waals surface area contributed by atoms with Gasteiger partial charge in [0, 0.05) is 50.8 Å². The van der Waals surface area contributed by atoms with Crippen LogP contribution in [0.3, 0.4) is 0 Å². The quantitative estimate of drug-likeness (QED) is 0.0730. The second-order valence-electron chi connectivity index (χ2n) is 13.8. The molecule has 4 aromatic rings. The van der Waals surface area contributed by atoms with Gasteiger partial charge in [-0.05, 0) is 71.2 Å². The van der Waals surface area contributed by atoms with Gasteiger partial charge in [-0.3, -0.25) is 9.59 Å². The van der Waals surface area contributed by atoms with Crippen LogP contribution < -0.4 is 20.3 Å². The number of hydrogen-bond acceptors (Lipinski definition) is 14. The molecule has 1 aliphatic heterocycles. The van der Waals surface area contributed by atoms with Crippen molar-refractivity contribution >= 4 is 46.0 Å². The molecule has 2 amide bonds. The third kappa shape index (κ3) is 12.1. The minimum atomic E-state index is -0.818. The van der Waals surface area contributed by atoms with Gasteiger partial charge in [-0.25, -0.2) is 19.7 Å². The highest BCUT2D eigenvalue weighted by molar-refractivity contribution is 6.05. The van der Waals surface area contributed by atoms with Gasteiger partial charge in [0.1, 0.15) is 17.9 Å². The molecule has 1 fully saturated rings. The van der Waals surface area contributed by atoms with E-state index < -0.39 is 30.1 Å². The van der Waals surface area contributed by atoms with Crippen molar-refractivity contribution in [2.45, 2.75) is 77.8 Å². The molecular weight excluding hydrogens is 700 g/mol. The number of fused-ring (bicyclic) bond motifs is 3. The summed E-state index contributed by atoms with van der Waals surface area (Å²) in [4.78, 5) is 53.2. The minimum Gasteiger partial charge on any atom is -0.460 e. The number of morpholine rings is 1. The SMILES string of the molecule is CC(CO)OC(COC(=O)CCCC(=O)NCCCCNC(=O)Oc1cccc(-c2nc(N3CCOCC3)c3oc4ncccc4c3n2)c1)OC(C)(C)C. The Balaban J connectivity index is 1.02. The molecule has 292 valence electrons. The van der Waals surface area contributed by atoms with Gasteiger partial charge in [0.15, 0.2) is 23.5 Å². The summed E-state index contributed by atoms with van der Waals surface area (Å²) >= 11 is 0. The number of unbranched alkanes of at least 4 members (excludes halogenated alkanes) is 1. The number of pyridine rings is 1. The summed E-state index contributed by atoms with van der Waals surface area (Å²) in [7, 11) is 0. The fourth-order valence-corrected chi connectivity index (χ4v) is 5.61. The van der Waals surface area contributed by atoms with Crippen molar-refractivity contribution in [3.05, 3.63) is 42.6 Å². The van der Waals surface area contributed by atoms with Crippen LogP contribution in [-0.2, 0) is 28.5 Å². The fraction of sp³-hybridized carbons (Fsp3) is 0.526. The molecule has 3 aromatic heterocycles. The first-order chi connectivity index (χ1) is 26.0. The van der Waals surface area contributed by atoms with Crippen molar-refractivity contribution in [2.75, 3.05) is 57.5 Å². The molecule has 0 bridgehead atoms. The van der Waals surface area contributed by atoms with Gasteiger partial charge in [-0.2, -0.15) is 0 Å². The molecule has 54 heavy (non-hydrogen) atoms. The van der Waals surface area contributed by atoms with Gasteiger partial charge in [-0.1, -0.05) is 12.1 Å². The molecule has 16 heteroatoms. The van der Waals surface area contributed by atoms with E-state index in [1.165, 1.54) is 0 Å². The predicted octanol–water partition coefficient (Wildman–Crippen LogP) is 4.51. The van der Waals surface area contributed by atoms with Crippen molar-refractivity contribution in [3.8, 4) is 17.1 Å². The summed E-state index contributed by atoms with van der Waals surface area (Å²) in [6.07, 6.45) is 1.58. The molecule has 16 nitrogen and oxygen atoms in total. The monoisotopic (exact) mass is 750 g/mol. The van der Waals surface area contributed by atoms with Crippen LogP contribution in [0.15, 0.2) is 47.0 Å². The van der Waals surface area contributed by atoms with Crippen LogP contribution in [0.1, 0.15) is 59.8 Å². The molecule has 1 aromatic carbocycles. The minimum absolute atomic E-state index is 0.0666. The van der Waals surface area contributed by atoms with E-state index in [0.717, 1.165) is 5.39 Å². The van der Waals surface area contributed by atoms with Crippen LogP contribution in [0.2, 0.25) is 0 Å². The third-order valence-corrected chi connectivity index (χ3v) is 8.17. The first-order valence-electron chi connectivity index (χ1n) is 18.3. The van der Waals surface area contributed by atoms with E-state index in [1.54, 1.807) is 31.3 Å². The van der Waals surface area contributed by atoms with Gasteiger partial charge in [0.05, 0.1) is 36.9 Å². The molecule has 3 N–H and O–H groups in total. The van der Waals surface area contributed by atoms with Crippen molar-refractivity contribution < 1.29 is 47.6 Å². The molecule has 0 radical (unpaired) electrons. The maximum absolute atomic E-state index is 12.6. The Hall–Kier alpha value is -4.90. The number of anilines is 1. The number of furan rings is 1. The second-order valence-corrected chi connectivity index (χ2v) is 13.8. The first kappa shape index (κ1) is 40.3. The Morgan fingerprint density at radius 3 is 2.54 bits per heavy atom. The maximum Gasteiger partial charge on any atom is 0.412 e. The molecule has 5 rings (SSSR count). The molecule has 2 atom stereocenters. The van der Waals surface area contributed by atoms with Crippen molar-refractivity contribution in [2.24, 2.45) is 0 Å². The molecule has 4 heterocycles. The summed E-state index contributed by atoms with van der Waals surface area (Å²) < 4.78 is 33.8. The lowest BCUT2D eigenvalue weighted by Gasteiger charge is -2.28. The van der Waals surface area contributed by atoms with Crippen LogP contribution in [0.5, 0.6) is 5.75 Å². The van der Waals surface area contributed by atoms with Crippen molar-refractivity contribution in [3.63, 3.8) is 0 Å². The van der Waals surface area contributed by atoms with E-state index in [4.69, 9.17) is 38.1 Å². The van der Waals surface area contributed by atoms with Crippen LogP contribution in [-0.4, -0.2) is 109 Å². The van der Waals surface area contributed by atoms with Gasteiger partial charge in [0.2, 0.25) is 11.6 Å². The number of carbonyl (C=O) groups is 3. The van der Waals surface area contributed by atoms with E-state index in [1.807, 2.05) is 39.0 Å². The van der Waals surface area contributed by atoms with Gasteiger partial charge < -0.3 is 48.7 Å². The topological polar surface area (TPSA) is 197 Å². The number of aromatic nitrogens is 3. The van der Waals surface area contributed by atoms with Crippen molar-refractivity contribution in [1.29, 1.82) is 0 Å². The molecule has 2 unspecified atom stereocenters. The Morgan fingerprint density at radius 1 is 1.00 bits per heavy atom. The number of rotatable bonds is 18. The fourth-order valence-electron chi connectivity index (χ4n) is 5.61. The number of benzene rings is 1. The number of nitrogens with one attached hydrogen (secondary N) is 2.